The molecule has 2 nitrogen and oxygen atoms in total. The SMILES string of the molecule is O=C(O)C(F)C1CCCCCC1. The Labute approximate surface area is 71.8 Å². The molecule has 0 amide bonds. The van der Waals surface area contributed by atoms with E-state index in [0.717, 1.165) is 38.5 Å². The summed E-state index contributed by atoms with van der Waals surface area (Å²) in [6.45, 7) is 0. The fourth-order valence-corrected chi connectivity index (χ4v) is 1.81. The van der Waals surface area contributed by atoms with Gasteiger partial charge in [0.1, 0.15) is 0 Å². The molecule has 0 aromatic carbocycles. The fraction of sp³-hybridized carbons (Fsp3) is 0.889. The van der Waals surface area contributed by atoms with Crippen molar-refractivity contribution in [1.29, 1.82) is 0 Å². The minimum atomic E-state index is -1.64. The quantitative estimate of drug-likeness (QED) is 0.652. The van der Waals surface area contributed by atoms with Crippen LogP contribution in [0.3, 0.4) is 0 Å². The Morgan fingerprint density at radius 2 is 1.75 bits per heavy atom. The molecule has 3 heteroatoms. The predicted octanol–water partition coefficient (Wildman–Crippen LogP) is 2.38. The zero-order chi connectivity index (χ0) is 8.97. The second-order valence-electron chi connectivity index (χ2n) is 3.49. The largest absolute Gasteiger partial charge is 0.479 e. The van der Waals surface area contributed by atoms with E-state index in [-0.39, 0.29) is 5.92 Å². The first-order valence-electron chi connectivity index (χ1n) is 4.58. The van der Waals surface area contributed by atoms with Crippen molar-refractivity contribution in [1.82, 2.24) is 0 Å². The molecule has 0 aromatic rings. The van der Waals surface area contributed by atoms with E-state index in [9.17, 15) is 9.18 Å². The van der Waals surface area contributed by atoms with Crippen molar-refractivity contribution in [2.45, 2.75) is 44.7 Å². The van der Waals surface area contributed by atoms with Gasteiger partial charge in [-0.3, -0.25) is 0 Å². The van der Waals surface area contributed by atoms with Gasteiger partial charge < -0.3 is 5.11 Å². The van der Waals surface area contributed by atoms with E-state index in [1.807, 2.05) is 0 Å². The third-order valence-electron chi connectivity index (χ3n) is 2.55. The number of hydrogen-bond acceptors (Lipinski definition) is 1. The third-order valence-corrected chi connectivity index (χ3v) is 2.55. The van der Waals surface area contributed by atoms with Crippen LogP contribution in [0.1, 0.15) is 38.5 Å². The molecule has 1 rings (SSSR count). The Kier molecular flexibility index (Phi) is 3.50. The summed E-state index contributed by atoms with van der Waals surface area (Å²) in [5.74, 6) is -1.52. The number of alkyl halides is 1. The van der Waals surface area contributed by atoms with Gasteiger partial charge in [0.25, 0.3) is 0 Å². The number of hydrogen-bond donors (Lipinski definition) is 1. The molecule has 0 saturated heterocycles. The monoisotopic (exact) mass is 174 g/mol. The first-order valence-corrected chi connectivity index (χ1v) is 4.58. The van der Waals surface area contributed by atoms with Gasteiger partial charge in [0.05, 0.1) is 0 Å². The van der Waals surface area contributed by atoms with Gasteiger partial charge in [-0.05, 0) is 12.8 Å². The molecule has 1 fully saturated rings. The molecule has 1 atom stereocenters. The molecule has 0 heterocycles. The predicted molar refractivity (Wildman–Crippen MR) is 43.7 cm³/mol. The maximum absolute atomic E-state index is 13.0. The van der Waals surface area contributed by atoms with Crippen LogP contribution in [0.15, 0.2) is 0 Å². The molecule has 0 spiro atoms. The highest BCUT2D eigenvalue weighted by molar-refractivity contribution is 5.72. The summed E-state index contributed by atoms with van der Waals surface area (Å²) < 4.78 is 13.0. The van der Waals surface area contributed by atoms with Gasteiger partial charge in [0.15, 0.2) is 6.17 Å². The number of rotatable bonds is 2. The van der Waals surface area contributed by atoms with Crippen molar-refractivity contribution >= 4 is 5.97 Å². The zero-order valence-corrected chi connectivity index (χ0v) is 7.13. The third kappa shape index (κ3) is 2.47. The summed E-state index contributed by atoms with van der Waals surface area (Å²) in [6.07, 6.45) is 4.08. The number of aliphatic carboxylic acids is 1. The molecule has 1 unspecified atom stereocenters. The molecule has 1 saturated carbocycles. The molecule has 0 radical (unpaired) electrons. The van der Waals surface area contributed by atoms with Crippen LogP contribution in [0.5, 0.6) is 0 Å². The van der Waals surface area contributed by atoms with Crippen LogP contribution in [-0.2, 0) is 4.79 Å². The Balaban J connectivity index is 2.42. The topological polar surface area (TPSA) is 37.3 Å². The van der Waals surface area contributed by atoms with E-state index in [1.165, 1.54) is 0 Å². The minimum absolute atomic E-state index is 0.231. The van der Waals surface area contributed by atoms with Crippen molar-refractivity contribution in [3.8, 4) is 0 Å². The van der Waals surface area contributed by atoms with Crippen LogP contribution in [0.4, 0.5) is 4.39 Å². The Morgan fingerprint density at radius 1 is 1.25 bits per heavy atom. The molecule has 1 aliphatic carbocycles. The Bertz CT molecular complexity index is 151. The molecular weight excluding hydrogens is 159 g/mol. The van der Waals surface area contributed by atoms with Crippen molar-refractivity contribution in [2.24, 2.45) is 5.92 Å². The molecule has 0 aliphatic heterocycles. The molecule has 12 heavy (non-hydrogen) atoms. The standard InChI is InChI=1S/C9H15FO2/c10-8(9(11)12)7-5-3-1-2-4-6-7/h7-8H,1-6H2,(H,11,12). The highest BCUT2D eigenvalue weighted by Gasteiger charge is 2.27. The molecule has 0 aromatic heterocycles. The molecule has 1 N–H and O–H groups in total. The minimum Gasteiger partial charge on any atom is -0.479 e. The summed E-state index contributed by atoms with van der Waals surface area (Å²) in [5.41, 5.74) is 0. The van der Waals surface area contributed by atoms with E-state index in [0.29, 0.717) is 0 Å². The molecule has 70 valence electrons. The first kappa shape index (κ1) is 9.49. The van der Waals surface area contributed by atoms with Crippen LogP contribution < -0.4 is 0 Å². The van der Waals surface area contributed by atoms with Crippen LogP contribution in [0.2, 0.25) is 0 Å². The van der Waals surface area contributed by atoms with Crippen LogP contribution in [-0.4, -0.2) is 17.2 Å². The highest BCUT2D eigenvalue weighted by atomic mass is 19.1. The Morgan fingerprint density at radius 3 is 2.17 bits per heavy atom. The van der Waals surface area contributed by atoms with Crippen molar-refractivity contribution in [3.05, 3.63) is 0 Å². The summed E-state index contributed by atoms with van der Waals surface area (Å²) in [7, 11) is 0. The second-order valence-corrected chi connectivity index (χ2v) is 3.49. The molecular formula is C9H15FO2. The van der Waals surface area contributed by atoms with Gasteiger partial charge in [0.2, 0.25) is 0 Å². The van der Waals surface area contributed by atoms with Crippen LogP contribution in [0, 0.1) is 5.92 Å². The lowest BCUT2D eigenvalue weighted by Crippen LogP contribution is -2.24. The van der Waals surface area contributed by atoms with E-state index in [1.54, 1.807) is 0 Å². The number of carboxylic acids is 1. The van der Waals surface area contributed by atoms with Gasteiger partial charge in [0, 0.05) is 5.92 Å². The number of carboxylic acid groups (broad SMARTS) is 1. The van der Waals surface area contributed by atoms with Gasteiger partial charge in [-0.25, -0.2) is 9.18 Å². The number of halogens is 1. The summed E-state index contributed by atoms with van der Waals surface area (Å²) in [6, 6.07) is 0. The smallest absolute Gasteiger partial charge is 0.338 e. The highest BCUT2D eigenvalue weighted by Crippen LogP contribution is 2.27. The summed E-state index contributed by atoms with van der Waals surface area (Å²) in [5, 5.41) is 8.45. The molecule has 1 aliphatic rings. The fourth-order valence-electron chi connectivity index (χ4n) is 1.81. The lowest BCUT2D eigenvalue weighted by Gasteiger charge is -2.14. The maximum atomic E-state index is 13.0. The average molecular weight is 174 g/mol. The van der Waals surface area contributed by atoms with Crippen molar-refractivity contribution in [2.75, 3.05) is 0 Å². The van der Waals surface area contributed by atoms with E-state index in [4.69, 9.17) is 5.11 Å². The summed E-state index contributed by atoms with van der Waals surface area (Å²) >= 11 is 0. The van der Waals surface area contributed by atoms with Crippen molar-refractivity contribution < 1.29 is 14.3 Å². The average Bonchev–Trinajstić information content (AvgIpc) is 2.30. The maximum Gasteiger partial charge on any atom is 0.338 e. The van der Waals surface area contributed by atoms with Gasteiger partial charge in [-0.1, -0.05) is 25.7 Å². The normalized spacial score (nSPS) is 23.1. The molecule has 0 bridgehead atoms. The van der Waals surface area contributed by atoms with Crippen molar-refractivity contribution in [3.63, 3.8) is 0 Å². The van der Waals surface area contributed by atoms with Gasteiger partial charge >= 0.3 is 5.97 Å². The van der Waals surface area contributed by atoms with Crippen LogP contribution >= 0.6 is 0 Å². The van der Waals surface area contributed by atoms with Gasteiger partial charge in [-0.2, -0.15) is 0 Å². The zero-order valence-electron chi connectivity index (χ0n) is 7.13. The summed E-state index contributed by atoms with van der Waals surface area (Å²) in [4.78, 5) is 10.3. The van der Waals surface area contributed by atoms with Gasteiger partial charge in [-0.15, -0.1) is 0 Å². The first-order chi connectivity index (χ1) is 5.72. The van der Waals surface area contributed by atoms with E-state index in [2.05, 4.69) is 0 Å². The number of carbonyl (C=O) groups is 1. The lowest BCUT2D eigenvalue weighted by atomic mass is 9.95. The van der Waals surface area contributed by atoms with E-state index < -0.39 is 12.1 Å². The Hall–Kier alpha value is -0.600. The van der Waals surface area contributed by atoms with E-state index >= 15 is 0 Å². The van der Waals surface area contributed by atoms with Crippen LogP contribution in [0.25, 0.3) is 0 Å². The lowest BCUT2D eigenvalue weighted by molar-refractivity contribution is -0.145. The second kappa shape index (κ2) is 4.43.